The Morgan fingerprint density at radius 3 is 2.62 bits per heavy atom. The summed E-state index contributed by atoms with van der Waals surface area (Å²) in [5, 5.41) is 2.89. The SMILES string of the molecule is CC/C=C\C=C/NC. The fraction of sp³-hybridized carbons (Fsp3) is 0.429. The summed E-state index contributed by atoms with van der Waals surface area (Å²) in [6.45, 7) is 2.11. The smallest absolute Gasteiger partial charge is 0.00277 e. The van der Waals surface area contributed by atoms with Gasteiger partial charge in [-0.1, -0.05) is 19.1 Å². The first-order valence-corrected chi connectivity index (χ1v) is 2.90. The molecule has 1 nitrogen and oxygen atoms in total. The Hall–Kier alpha value is -0.720. The van der Waals surface area contributed by atoms with Gasteiger partial charge in [0.25, 0.3) is 0 Å². The summed E-state index contributed by atoms with van der Waals surface area (Å²) < 4.78 is 0. The molecule has 0 fully saturated rings. The van der Waals surface area contributed by atoms with Gasteiger partial charge in [-0.2, -0.15) is 0 Å². The molecule has 1 heteroatoms. The van der Waals surface area contributed by atoms with Crippen LogP contribution in [-0.4, -0.2) is 7.05 Å². The third kappa shape index (κ3) is 5.28. The topological polar surface area (TPSA) is 12.0 Å². The van der Waals surface area contributed by atoms with Crippen molar-refractivity contribution in [1.82, 2.24) is 5.32 Å². The Bertz CT molecular complexity index is 70.4. The lowest BCUT2D eigenvalue weighted by molar-refractivity contribution is 1.10. The second-order valence-electron chi connectivity index (χ2n) is 1.48. The molecule has 0 bridgehead atoms. The minimum absolute atomic E-state index is 1.11. The quantitative estimate of drug-likeness (QED) is 0.546. The average Bonchev–Trinajstić information content (AvgIpc) is 1.81. The largest absolute Gasteiger partial charge is 0.394 e. The Kier molecular flexibility index (Phi) is 5.71. The van der Waals surface area contributed by atoms with Crippen LogP contribution in [0.15, 0.2) is 24.4 Å². The maximum atomic E-state index is 2.89. The second kappa shape index (κ2) is 6.28. The van der Waals surface area contributed by atoms with E-state index in [9.17, 15) is 0 Å². The van der Waals surface area contributed by atoms with Gasteiger partial charge in [-0.3, -0.25) is 0 Å². The van der Waals surface area contributed by atoms with Crippen molar-refractivity contribution in [2.45, 2.75) is 13.3 Å². The van der Waals surface area contributed by atoms with Crippen molar-refractivity contribution in [2.24, 2.45) is 0 Å². The van der Waals surface area contributed by atoms with E-state index in [1.54, 1.807) is 0 Å². The summed E-state index contributed by atoms with van der Waals surface area (Å²) in [5.74, 6) is 0. The van der Waals surface area contributed by atoms with Gasteiger partial charge in [0.1, 0.15) is 0 Å². The van der Waals surface area contributed by atoms with Crippen LogP contribution in [-0.2, 0) is 0 Å². The molecule has 1 N–H and O–H groups in total. The predicted molar refractivity (Wildman–Crippen MR) is 37.6 cm³/mol. The van der Waals surface area contributed by atoms with Gasteiger partial charge >= 0.3 is 0 Å². The van der Waals surface area contributed by atoms with E-state index in [1.807, 2.05) is 25.4 Å². The van der Waals surface area contributed by atoms with Gasteiger partial charge in [-0.05, 0) is 18.7 Å². The van der Waals surface area contributed by atoms with Gasteiger partial charge in [0.15, 0.2) is 0 Å². The zero-order valence-electron chi connectivity index (χ0n) is 5.52. The minimum atomic E-state index is 1.11. The van der Waals surface area contributed by atoms with Crippen molar-refractivity contribution in [3.63, 3.8) is 0 Å². The van der Waals surface area contributed by atoms with Gasteiger partial charge in [0, 0.05) is 7.05 Å². The Morgan fingerprint density at radius 1 is 1.38 bits per heavy atom. The van der Waals surface area contributed by atoms with Crippen molar-refractivity contribution < 1.29 is 0 Å². The normalized spacial score (nSPS) is 11.2. The summed E-state index contributed by atoms with van der Waals surface area (Å²) in [6.07, 6.45) is 9.11. The number of rotatable bonds is 3. The highest BCUT2D eigenvalue weighted by Gasteiger charge is 1.60. The molecule has 0 saturated heterocycles. The van der Waals surface area contributed by atoms with E-state index >= 15 is 0 Å². The Balaban J connectivity index is 3.13. The first-order chi connectivity index (χ1) is 3.91. The maximum Gasteiger partial charge on any atom is 0.00277 e. The molecular weight excluding hydrogens is 98.1 g/mol. The van der Waals surface area contributed by atoms with Gasteiger partial charge in [-0.25, -0.2) is 0 Å². The molecule has 0 aromatic carbocycles. The average molecular weight is 111 g/mol. The van der Waals surface area contributed by atoms with Crippen LogP contribution in [0.1, 0.15) is 13.3 Å². The van der Waals surface area contributed by atoms with Gasteiger partial charge in [0.05, 0.1) is 0 Å². The lowest BCUT2D eigenvalue weighted by atomic mass is 10.4. The van der Waals surface area contributed by atoms with Crippen molar-refractivity contribution in [1.29, 1.82) is 0 Å². The predicted octanol–water partition coefficient (Wildman–Crippen LogP) is 1.69. The highest BCUT2D eigenvalue weighted by Crippen LogP contribution is 1.78. The van der Waals surface area contributed by atoms with Crippen LogP contribution >= 0.6 is 0 Å². The number of hydrogen-bond donors (Lipinski definition) is 1. The summed E-state index contributed by atoms with van der Waals surface area (Å²) in [6, 6.07) is 0. The summed E-state index contributed by atoms with van der Waals surface area (Å²) in [7, 11) is 1.89. The first kappa shape index (κ1) is 7.28. The third-order valence-corrected chi connectivity index (χ3v) is 0.746. The van der Waals surface area contributed by atoms with Crippen molar-refractivity contribution in [3.8, 4) is 0 Å². The second-order valence-corrected chi connectivity index (χ2v) is 1.48. The zero-order valence-corrected chi connectivity index (χ0v) is 5.52. The third-order valence-electron chi connectivity index (χ3n) is 0.746. The lowest BCUT2D eigenvalue weighted by Crippen LogP contribution is -1.89. The molecule has 46 valence electrons. The van der Waals surface area contributed by atoms with E-state index in [2.05, 4.69) is 18.3 Å². The Labute approximate surface area is 51.1 Å². The molecule has 0 unspecified atom stereocenters. The number of nitrogens with one attached hydrogen (secondary N) is 1. The molecule has 0 aliphatic rings. The molecule has 0 aliphatic heterocycles. The van der Waals surface area contributed by atoms with Crippen LogP contribution in [0, 0.1) is 0 Å². The Morgan fingerprint density at radius 2 is 2.12 bits per heavy atom. The monoisotopic (exact) mass is 111 g/mol. The molecule has 0 atom stereocenters. The molecular formula is C7H13N. The molecule has 0 saturated carbocycles. The van der Waals surface area contributed by atoms with E-state index < -0.39 is 0 Å². The summed E-state index contributed by atoms with van der Waals surface area (Å²) in [4.78, 5) is 0. The molecule has 0 amide bonds. The lowest BCUT2D eigenvalue weighted by Gasteiger charge is -1.79. The molecule has 0 aromatic heterocycles. The molecule has 0 rings (SSSR count). The van der Waals surface area contributed by atoms with Crippen molar-refractivity contribution in [3.05, 3.63) is 24.4 Å². The maximum absolute atomic E-state index is 2.89. The summed E-state index contributed by atoms with van der Waals surface area (Å²) in [5.41, 5.74) is 0. The number of allylic oxidation sites excluding steroid dienone is 3. The molecule has 0 radical (unpaired) electrons. The van der Waals surface area contributed by atoms with Crippen LogP contribution < -0.4 is 5.32 Å². The molecule has 0 spiro atoms. The van der Waals surface area contributed by atoms with Crippen LogP contribution in [0.5, 0.6) is 0 Å². The molecule has 8 heavy (non-hydrogen) atoms. The fourth-order valence-corrected chi connectivity index (χ4v) is 0.366. The van der Waals surface area contributed by atoms with E-state index in [1.165, 1.54) is 0 Å². The van der Waals surface area contributed by atoms with Gasteiger partial charge < -0.3 is 5.32 Å². The highest BCUT2D eigenvalue weighted by molar-refractivity contribution is 5.00. The molecule has 0 aromatic rings. The van der Waals surface area contributed by atoms with Crippen LogP contribution in [0.2, 0.25) is 0 Å². The van der Waals surface area contributed by atoms with Crippen LogP contribution in [0.3, 0.4) is 0 Å². The van der Waals surface area contributed by atoms with E-state index in [4.69, 9.17) is 0 Å². The van der Waals surface area contributed by atoms with Crippen LogP contribution in [0.25, 0.3) is 0 Å². The van der Waals surface area contributed by atoms with Crippen molar-refractivity contribution in [2.75, 3.05) is 7.05 Å². The number of hydrogen-bond acceptors (Lipinski definition) is 1. The van der Waals surface area contributed by atoms with Gasteiger partial charge in [-0.15, -0.1) is 0 Å². The summed E-state index contributed by atoms with van der Waals surface area (Å²) >= 11 is 0. The van der Waals surface area contributed by atoms with E-state index in [0.29, 0.717) is 0 Å². The zero-order chi connectivity index (χ0) is 6.24. The van der Waals surface area contributed by atoms with Gasteiger partial charge in [0.2, 0.25) is 0 Å². The minimum Gasteiger partial charge on any atom is -0.394 e. The van der Waals surface area contributed by atoms with E-state index in [0.717, 1.165) is 6.42 Å². The van der Waals surface area contributed by atoms with Crippen molar-refractivity contribution >= 4 is 0 Å². The fourth-order valence-electron chi connectivity index (χ4n) is 0.366. The molecule has 0 aliphatic carbocycles. The first-order valence-electron chi connectivity index (χ1n) is 2.90. The standard InChI is InChI=1S/C7H13N/c1-3-4-5-6-7-8-2/h4-8H,3H2,1-2H3/b5-4-,7-6-. The highest BCUT2D eigenvalue weighted by atomic mass is 14.8. The molecule has 0 heterocycles. The van der Waals surface area contributed by atoms with Crippen LogP contribution in [0.4, 0.5) is 0 Å². The van der Waals surface area contributed by atoms with E-state index in [-0.39, 0.29) is 0 Å².